The van der Waals surface area contributed by atoms with E-state index < -0.39 is 5.82 Å². The number of benzene rings is 1. The van der Waals surface area contributed by atoms with Crippen LogP contribution in [0.2, 0.25) is 5.02 Å². The summed E-state index contributed by atoms with van der Waals surface area (Å²) in [5.41, 5.74) is 8.93. The van der Waals surface area contributed by atoms with E-state index in [0.717, 1.165) is 5.56 Å². The molecule has 3 aromatic heterocycles. The number of nitrogen functional groups attached to an aromatic ring is 1. The van der Waals surface area contributed by atoms with Crippen molar-refractivity contribution in [3.63, 3.8) is 0 Å². The number of ether oxygens (including phenoxy) is 1. The van der Waals surface area contributed by atoms with Gasteiger partial charge in [-0.3, -0.25) is 4.98 Å². The van der Waals surface area contributed by atoms with Crippen LogP contribution in [0.1, 0.15) is 0 Å². The quantitative estimate of drug-likeness (QED) is 0.527. The molecule has 4 aromatic rings. The molecule has 0 aliphatic rings. The Morgan fingerprint density at radius 3 is 2.61 bits per heavy atom. The molecule has 0 aliphatic carbocycles. The maximum Gasteiger partial charge on any atom is 0.166 e. The number of imidazole rings is 1. The van der Waals surface area contributed by atoms with Crippen molar-refractivity contribution < 1.29 is 9.13 Å². The van der Waals surface area contributed by atoms with Gasteiger partial charge in [-0.25, -0.2) is 14.4 Å². The number of rotatable bonds is 4. The third-order valence-electron chi connectivity index (χ3n) is 4.23. The highest BCUT2D eigenvalue weighted by molar-refractivity contribution is 6.30. The number of aromatic nitrogens is 4. The van der Waals surface area contributed by atoms with E-state index in [2.05, 4.69) is 19.9 Å². The predicted octanol–water partition coefficient (Wildman–Crippen LogP) is 4.58. The first kappa shape index (κ1) is 17.9. The van der Waals surface area contributed by atoms with E-state index in [9.17, 15) is 4.39 Å². The Hall–Kier alpha value is -3.45. The van der Waals surface area contributed by atoms with Gasteiger partial charge in [-0.15, -0.1) is 0 Å². The molecule has 0 radical (unpaired) electrons. The van der Waals surface area contributed by atoms with E-state index in [1.54, 1.807) is 36.8 Å². The fourth-order valence-electron chi connectivity index (χ4n) is 2.87. The zero-order chi connectivity index (χ0) is 19.7. The summed E-state index contributed by atoms with van der Waals surface area (Å²) in [6, 6.07) is 9.84. The lowest BCUT2D eigenvalue weighted by Gasteiger charge is -2.07. The lowest BCUT2D eigenvalue weighted by molar-refractivity contribution is 0.415. The molecule has 1 aromatic carbocycles. The fraction of sp³-hybridized carbons (Fsp3) is 0.0500. The Bertz CT molecular complexity index is 1150. The van der Waals surface area contributed by atoms with E-state index >= 15 is 0 Å². The maximum absolute atomic E-state index is 14.5. The second-order valence-corrected chi connectivity index (χ2v) is 6.42. The van der Waals surface area contributed by atoms with Crippen LogP contribution in [-0.2, 0) is 0 Å². The van der Waals surface area contributed by atoms with Gasteiger partial charge in [0.15, 0.2) is 11.6 Å². The Morgan fingerprint density at radius 1 is 1.11 bits per heavy atom. The van der Waals surface area contributed by atoms with Gasteiger partial charge in [0.25, 0.3) is 0 Å². The summed E-state index contributed by atoms with van der Waals surface area (Å²) in [5, 5.41) is 0.315. The van der Waals surface area contributed by atoms with Crippen LogP contribution in [0.15, 0.2) is 55.0 Å². The first-order chi connectivity index (χ1) is 13.6. The predicted molar refractivity (Wildman–Crippen MR) is 106 cm³/mol. The molecule has 0 aliphatic heterocycles. The molecular weight excluding hydrogens is 381 g/mol. The van der Waals surface area contributed by atoms with Crippen molar-refractivity contribution >= 4 is 17.4 Å². The summed E-state index contributed by atoms with van der Waals surface area (Å²) in [6.45, 7) is 0. The molecular formula is C20H15ClFN5O. The summed E-state index contributed by atoms with van der Waals surface area (Å²) in [5.74, 6) is 0.612. The number of methoxy groups -OCH3 is 1. The maximum atomic E-state index is 14.5. The zero-order valence-corrected chi connectivity index (χ0v) is 15.5. The molecule has 0 bridgehead atoms. The number of aromatic amines is 1. The van der Waals surface area contributed by atoms with Crippen LogP contribution >= 0.6 is 11.6 Å². The van der Waals surface area contributed by atoms with Gasteiger partial charge in [0.05, 0.1) is 24.1 Å². The number of pyridine rings is 2. The van der Waals surface area contributed by atoms with Crippen molar-refractivity contribution in [2.45, 2.75) is 0 Å². The van der Waals surface area contributed by atoms with E-state index in [-0.39, 0.29) is 5.82 Å². The van der Waals surface area contributed by atoms with Gasteiger partial charge in [-0.1, -0.05) is 11.6 Å². The minimum Gasteiger partial charge on any atom is -0.493 e. The second kappa shape index (κ2) is 7.28. The molecule has 0 saturated heterocycles. The standard InChI is InChI=1S/C20H15ClFN5O/c1-28-16-8-12(10-25-19(16)23)18-17(11-4-6-24-7-5-11)26-20(27-18)14-3-2-13(21)9-15(14)22/h2-10H,1H3,(H2,23,25)(H,26,27). The third kappa shape index (κ3) is 3.27. The molecule has 0 spiro atoms. The number of nitrogens with one attached hydrogen (secondary N) is 1. The molecule has 140 valence electrons. The summed E-state index contributed by atoms with van der Waals surface area (Å²) >= 11 is 5.87. The molecule has 4 rings (SSSR count). The van der Waals surface area contributed by atoms with Crippen molar-refractivity contribution in [2.24, 2.45) is 0 Å². The average molecular weight is 396 g/mol. The largest absolute Gasteiger partial charge is 0.493 e. The minimum absolute atomic E-state index is 0.278. The molecule has 0 saturated carbocycles. The van der Waals surface area contributed by atoms with Crippen molar-refractivity contribution in [3.8, 4) is 39.7 Å². The summed E-state index contributed by atoms with van der Waals surface area (Å²) in [4.78, 5) is 16.0. The second-order valence-electron chi connectivity index (χ2n) is 5.98. The molecule has 0 fully saturated rings. The highest BCUT2D eigenvalue weighted by atomic mass is 35.5. The molecule has 0 amide bonds. The van der Waals surface area contributed by atoms with Crippen LogP contribution in [0.25, 0.3) is 33.9 Å². The molecule has 6 nitrogen and oxygen atoms in total. The van der Waals surface area contributed by atoms with Gasteiger partial charge in [0, 0.05) is 34.7 Å². The Morgan fingerprint density at radius 2 is 1.89 bits per heavy atom. The molecule has 3 heterocycles. The molecule has 28 heavy (non-hydrogen) atoms. The van der Waals surface area contributed by atoms with Crippen LogP contribution in [0, 0.1) is 5.82 Å². The fourth-order valence-corrected chi connectivity index (χ4v) is 3.02. The Labute approximate surface area is 165 Å². The third-order valence-corrected chi connectivity index (χ3v) is 4.47. The smallest absolute Gasteiger partial charge is 0.166 e. The zero-order valence-electron chi connectivity index (χ0n) is 14.8. The monoisotopic (exact) mass is 395 g/mol. The molecule has 0 atom stereocenters. The number of hydrogen-bond acceptors (Lipinski definition) is 5. The first-order valence-corrected chi connectivity index (χ1v) is 8.70. The number of nitrogens with two attached hydrogens (primary N) is 1. The van der Waals surface area contributed by atoms with Gasteiger partial charge in [-0.2, -0.15) is 0 Å². The van der Waals surface area contributed by atoms with Crippen LogP contribution in [0.4, 0.5) is 10.2 Å². The van der Waals surface area contributed by atoms with Gasteiger partial charge >= 0.3 is 0 Å². The van der Waals surface area contributed by atoms with Gasteiger partial charge in [0.1, 0.15) is 11.6 Å². The normalized spacial score (nSPS) is 10.8. The topological polar surface area (TPSA) is 89.7 Å². The van der Waals surface area contributed by atoms with Crippen LogP contribution in [-0.4, -0.2) is 27.0 Å². The molecule has 8 heteroatoms. The van der Waals surface area contributed by atoms with Gasteiger partial charge < -0.3 is 15.5 Å². The highest BCUT2D eigenvalue weighted by Crippen LogP contribution is 2.35. The number of H-pyrrole nitrogens is 1. The lowest BCUT2D eigenvalue weighted by atomic mass is 10.1. The van der Waals surface area contributed by atoms with E-state index in [0.29, 0.717) is 39.1 Å². The van der Waals surface area contributed by atoms with Crippen molar-refractivity contribution in [3.05, 3.63) is 65.8 Å². The number of hydrogen-bond donors (Lipinski definition) is 2. The Kier molecular flexibility index (Phi) is 4.67. The number of halogens is 2. The molecule has 3 N–H and O–H groups in total. The SMILES string of the molecule is COc1cc(-c2[nH]c(-c3ccc(Cl)cc3F)nc2-c2ccncc2)cnc1N. The van der Waals surface area contributed by atoms with Gasteiger partial charge in [-0.05, 0) is 36.4 Å². The van der Waals surface area contributed by atoms with Crippen molar-refractivity contribution in [2.75, 3.05) is 12.8 Å². The van der Waals surface area contributed by atoms with Crippen LogP contribution < -0.4 is 10.5 Å². The summed E-state index contributed by atoms with van der Waals surface area (Å²) in [6.07, 6.45) is 4.94. The number of nitrogens with zero attached hydrogens (tertiary/aromatic N) is 3. The lowest BCUT2D eigenvalue weighted by Crippen LogP contribution is -1.96. The number of anilines is 1. The summed E-state index contributed by atoms with van der Waals surface area (Å²) in [7, 11) is 1.52. The van der Waals surface area contributed by atoms with E-state index in [1.165, 1.54) is 13.2 Å². The summed E-state index contributed by atoms with van der Waals surface area (Å²) < 4.78 is 19.7. The van der Waals surface area contributed by atoms with Crippen LogP contribution in [0.3, 0.4) is 0 Å². The Balaban J connectivity index is 1.93. The average Bonchev–Trinajstić information content (AvgIpc) is 3.14. The van der Waals surface area contributed by atoms with E-state index in [1.807, 2.05) is 12.1 Å². The van der Waals surface area contributed by atoms with Crippen molar-refractivity contribution in [1.82, 2.24) is 19.9 Å². The highest BCUT2D eigenvalue weighted by Gasteiger charge is 2.18. The molecule has 0 unspecified atom stereocenters. The van der Waals surface area contributed by atoms with E-state index in [4.69, 9.17) is 22.1 Å². The first-order valence-electron chi connectivity index (χ1n) is 8.32. The van der Waals surface area contributed by atoms with Gasteiger partial charge in [0.2, 0.25) is 0 Å². The van der Waals surface area contributed by atoms with Crippen LogP contribution in [0.5, 0.6) is 5.75 Å². The minimum atomic E-state index is -0.470. The van der Waals surface area contributed by atoms with Crippen molar-refractivity contribution in [1.29, 1.82) is 0 Å².